The van der Waals surface area contributed by atoms with E-state index in [1.165, 1.54) is 11.1 Å². The van der Waals surface area contributed by atoms with E-state index in [2.05, 4.69) is 46.8 Å². The summed E-state index contributed by atoms with van der Waals surface area (Å²) in [6, 6.07) is 14.5. The van der Waals surface area contributed by atoms with Crippen molar-refractivity contribution in [3.8, 4) is 0 Å². The molecule has 7 heteroatoms. The molecule has 1 saturated heterocycles. The van der Waals surface area contributed by atoms with Gasteiger partial charge in [0.05, 0.1) is 19.3 Å². The summed E-state index contributed by atoms with van der Waals surface area (Å²) in [6.07, 6.45) is 4.98. The lowest BCUT2D eigenvalue weighted by Gasteiger charge is -2.22. The fourth-order valence-electron chi connectivity index (χ4n) is 3.24. The molecule has 0 spiro atoms. The number of hydrogen-bond acceptors (Lipinski definition) is 4. The summed E-state index contributed by atoms with van der Waals surface area (Å²) in [5.74, 6) is 0.826. The number of aromatic nitrogens is 1. The van der Waals surface area contributed by atoms with Gasteiger partial charge in [-0.15, -0.1) is 24.0 Å². The molecule has 164 valence electrons. The van der Waals surface area contributed by atoms with Gasteiger partial charge in [0.1, 0.15) is 0 Å². The maximum absolute atomic E-state index is 6.04. The van der Waals surface area contributed by atoms with Gasteiger partial charge in [0.25, 0.3) is 0 Å². The number of aliphatic imine (C=N–C) groups is 1. The van der Waals surface area contributed by atoms with E-state index in [4.69, 9.17) is 14.5 Å². The Bertz CT molecular complexity index is 752. The molecule has 2 N–H and O–H groups in total. The second kappa shape index (κ2) is 14.3. The highest BCUT2D eigenvalue weighted by atomic mass is 127. The Labute approximate surface area is 196 Å². The van der Waals surface area contributed by atoms with Crippen LogP contribution in [-0.4, -0.2) is 43.4 Å². The van der Waals surface area contributed by atoms with E-state index in [0.717, 1.165) is 57.2 Å². The van der Waals surface area contributed by atoms with Gasteiger partial charge < -0.3 is 20.1 Å². The van der Waals surface area contributed by atoms with Crippen LogP contribution in [-0.2, 0) is 29.0 Å². The molecule has 0 aliphatic carbocycles. The Hall–Kier alpha value is -1.71. The van der Waals surface area contributed by atoms with Crippen molar-refractivity contribution in [2.24, 2.45) is 4.99 Å². The third-order valence-electron chi connectivity index (χ3n) is 4.81. The van der Waals surface area contributed by atoms with Crippen LogP contribution in [0.5, 0.6) is 0 Å². The van der Waals surface area contributed by atoms with Gasteiger partial charge >= 0.3 is 0 Å². The zero-order valence-corrected chi connectivity index (χ0v) is 20.0. The minimum atomic E-state index is 0. The van der Waals surface area contributed by atoms with Gasteiger partial charge in [-0.05, 0) is 43.0 Å². The molecule has 2 aromatic rings. The van der Waals surface area contributed by atoms with Crippen LogP contribution in [0.15, 0.2) is 53.7 Å². The third-order valence-corrected chi connectivity index (χ3v) is 4.81. The lowest BCUT2D eigenvalue weighted by atomic mass is 10.1. The summed E-state index contributed by atoms with van der Waals surface area (Å²) in [5, 5.41) is 6.69. The molecule has 6 nitrogen and oxygen atoms in total. The summed E-state index contributed by atoms with van der Waals surface area (Å²) >= 11 is 0. The van der Waals surface area contributed by atoms with Crippen molar-refractivity contribution in [2.45, 2.75) is 45.4 Å². The van der Waals surface area contributed by atoms with Crippen molar-refractivity contribution in [3.63, 3.8) is 0 Å². The number of rotatable bonds is 9. The molecule has 0 saturated carbocycles. The van der Waals surface area contributed by atoms with Crippen LogP contribution < -0.4 is 10.6 Å². The Kier molecular flexibility index (Phi) is 11.7. The molecule has 30 heavy (non-hydrogen) atoms. The van der Waals surface area contributed by atoms with Gasteiger partial charge in [-0.3, -0.25) is 4.98 Å². The average Bonchev–Trinajstić information content (AvgIpc) is 2.78. The van der Waals surface area contributed by atoms with Crippen LogP contribution in [0, 0.1) is 0 Å². The summed E-state index contributed by atoms with van der Waals surface area (Å²) in [7, 11) is 0. The normalized spacial score (nSPS) is 14.8. The Morgan fingerprint density at radius 1 is 1.13 bits per heavy atom. The largest absolute Gasteiger partial charge is 0.381 e. The van der Waals surface area contributed by atoms with Crippen molar-refractivity contribution in [1.29, 1.82) is 0 Å². The second-order valence-corrected chi connectivity index (χ2v) is 7.14. The Balaban J connectivity index is 0.00000320. The number of nitrogens with zero attached hydrogens (tertiary/aromatic N) is 2. The highest BCUT2D eigenvalue weighted by Gasteiger charge is 2.14. The van der Waals surface area contributed by atoms with Gasteiger partial charge in [-0.1, -0.05) is 30.3 Å². The molecule has 2 heterocycles. The zero-order chi connectivity index (χ0) is 20.2. The number of pyridine rings is 1. The number of hydrogen-bond donors (Lipinski definition) is 2. The summed E-state index contributed by atoms with van der Waals surface area (Å²) in [5.41, 5.74) is 3.45. The van der Waals surface area contributed by atoms with Crippen molar-refractivity contribution in [3.05, 3.63) is 65.5 Å². The van der Waals surface area contributed by atoms with E-state index in [0.29, 0.717) is 19.3 Å². The maximum Gasteiger partial charge on any atom is 0.191 e. The number of guanidine groups is 1. The summed E-state index contributed by atoms with van der Waals surface area (Å²) < 4.78 is 11.4. The predicted octanol–water partition coefficient (Wildman–Crippen LogP) is 3.69. The predicted molar refractivity (Wildman–Crippen MR) is 131 cm³/mol. The van der Waals surface area contributed by atoms with Crippen LogP contribution >= 0.6 is 24.0 Å². The lowest BCUT2D eigenvalue weighted by Crippen LogP contribution is -2.38. The zero-order valence-electron chi connectivity index (χ0n) is 17.7. The topological polar surface area (TPSA) is 67.8 Å². The van der Waals surface area contributed by atoms with E-state index >= 15 is 0 Å². The van der Waals surface area contributed by atoms with E-state index in [9.17, 15) is 0 Å². The molecule has 0 bridgehead atoms. The Morgan fingerprint density at radius 2 is 1.97 bits per heavy atom. The molecular formula is C23H33IN4O2. The van der Waals surface area contributed by atoms with Crippen molar-refractivity contribution >= 4 is 29.9 Å². The summed E-state index contributed by atoms with van der Waals surface area (Å²) in [6.45, 7) is 6.58. The van der Waals surface area contributed by atoms with E-state index in [1.807, 2.05) is 24.4 Å². The van der Waals surface area contributed by atoms with Gasteiger partial charge in [-0.2, -0.15) is 0 Å². The SMILES string of the molecule is CCNC(=NCc1cccc(COC2CCOCC2)c1)NCCc1ccccn1.I. The molecule has 1 aromatic heterocycles. The number of benzene rings is 1. The molecule has 1 aliphatic rings. The molecule has 0 unspecified atom stereocenters. The third kappa shape index (κ3) is 8.97. The molecule has 0 atom stereocenters. The fourth-order valence-corrected chi connectivity index (χ4v) is 3.24. The molecule has 3 rings (SSSR count). The number of nitrogens with one attached hydrogen (secondary N) is 2. The van der Waals surface area contributed by atoms with Crippen LogP contribution in [0.4, 0.5) is 0 Å². The first kappa shape index (κ1) is 24.6. The number of halogens is 1. The molecule has 1 aliphatic heterocycles. The first-order valence-electron chi connectivity index (χ1n) is 10.5. The van der Waals surface area contributed by atoms with Crippen LogP contribution in [0.1, 0.15) is 36.6 Å². The first-order chi connectivity index (χ1) is 14.3. The first-order valence-corrected chi connectivity index (χ1v) is 10.5. The van der Waals surface area contributed by atoms with Gasteiger partial charge in [0, 0.05) is 44.6 Å². The van der Waals surface area contributed by atoms with E-state index in [1.54, 1.807) is 0 Å². The van der Waals surface area contributed by atoms with Crippen LogP contribution in [0.3, 0.4) is 0 Å². The fraction of sp³-hybridized carbons (Fsp3) is 0.478. The Morgan fingerprint density at radius 3 is 2.73 bits per heavy atom. The molecule has 1 aromatic carbocycles. The monoisotopic (exact) mass is 524 g/mol. The molecule has 0 amide bonds. The van der Waals surface area contributed by atoms with Gasteiger partial charge in [-0.25, -0.2) is 4.99 Å². The van der Waals surface area contributed by atoms with Gasteiger partial charge in [0.2, 0.25) is 0 Å². The van der Waals surface area contributed by atoms with Crippen molar-refractivity contribution in [1.82, 2.24) is 15.6 Å². The highest BCUT2D eigenvalue weighted by molar-refractivity contribution is 14.0. The highest BCUT2D eigenvalue weighted by Crippen LogP contribution is 2.14. The van der Waals surface area contributed by atoms with Gasteiger partial charge in [0.15, 0.2) is 5.96 Å². The van der Waals surface area contributed by atoms with Crippen molar-refractivity contribution in [2.75, 3.05) is 26.3 Å². The van der Waals surface area contributed by atoms with Crippen LogP contribution in [0.25, 0.3) is 0 Å². The van der Waals surface area contributed by atoms with Crippen LogP contribution in [0.2, 0.25) is 0 Å². The minimum Gasteiger partial charge on any atom is -0.381 e. The minimum absolute atomic E-state index is 0. The van der Waals surface area contributed by atoms with Crippen molar-refractivity contribution < 1.29 is 9.47 Å². The number of ether oxygens (including phenoxy) is 2. The standard InChI is InChI=1S/C23H32N4O2.HI/c1-2-24-23(26-13-9-21-8-3-4-12-25-21)27-17-19-6-5-7-20(16-19)18-29-22-10-14-28-15-11-22;/h3-8,12,16,22H,2,9-11,13-15,17-18H2,1H3,(H2,24,26,27);1H. The molecule has 0 radical (unpaired) electrons. The summed E-state index contributed by atoms with van der Waals surface area (Å²) in [4.78, 5) is 9.08. The molecular weight excluding hydrogens is 491 g/mol. The molecule has 1 fully saturated rings. The van der Waals surface area contributed by atoms with E-state index in [-0.39, 0.29) is 24.0 Å². The lowest BCUT2D eigenvalue weighted by molar-refractivity contribution is -0.0390. The smallest absolute Gasteiger partial charge is 0.191 e. The second-order valence-electron chi connectivity index (χ2n) is 7.14. The quantitative estimate of drug-likeness (QED) is 0.298. The van der Waals surface area contributed by atoms with E-state index < -0.39 is 0 Å². The average molecular weight is 524 g/mol. The maximum atomic E-state index is 6.04.